The minimum atomic E-state index is -3.37. The van der Waals surface area contributed by atoms with Gasteiger partial charge in [0.25, 0.3) is 0 Å². The number of rotatable bonds is 4. The van der Waals surface area contributed by atoms with Crippen molar-refractivity contribution >= 4 is 43.2 Å². The first-order valence-corrected chi connectivity index (χ1v) is 6.92. The molecule has 0 fully saturated rings. The van der Waals surface area contributed by atoms with Crippen molar-refractivity contribution in [2.45, 2.75) is 0 Å². The second kappa shape index (κ2) is 5.16. The molecule has 0 aliphatic carbocycles. The molecule has 0 unspecified atom stereocenters. The maximum atomic E-state index is 11.4. The third-order valence-corrected chi connectivity index (χ3v) is 3.78. The summed E-state index contributed by atoms with van der Waals surface area (Å²) in [5, 5.41) is 0.531. The Balaban J connectivity index is 2.90. The number of hydrogen-bond acceptors (Lipinski definition) is 3. The zero-order valence-electron chi connectivity index (χ0n) is 7.70. The number of nitrogens with one attached hydrogen (secondary N) is 1. The third kappa shape index (κ3) is 3.98. The molecule has 7 heteroatoms. The Morgan fingerprint density at radius 2 is 2.13 bits per heavy atom. The number of nitrogens with two attached hydrogens (primary N) is 1. The lowest BCUT2D eigenvalue weighted by atomic mass is 10.3. The molecule has 0 bridgehead atoms. The summed E-state index contributed by atoms with van der Waals surface area (Å²) in [7, 11) is -3.37. The predicted octanol–water partition coefficient (Wildman–Crippen LogP) is 1.80. The average molecular weight is 314 g/mol. The molecule has 0 saturated carbocycles. The third-order valence-electron chi connectivity index (χ3n) is 1.58. The molecule has 1 rings (SSSR count). The van der Waals surface area contributed by atoms with Gasteiger partial charge in [-0.3, -0.25) is 4.72 Å². The molecule has 0 saturated heterocycles. The fourth-order valence-electron chi connectivity index (χ4n) is 0.946. The fraction of sp³-hybridized carbons (Fsp3) is 0.250. The van der Waals surface area contributed by atoms with Gasteiger partial charge in [-0.1, -0.05) is 11.6 Å². The van der Waals surface area contributed by atoms with E-state index in [9.17, 15) is 8.42 Å². The topological polar surface area (TPSA) is 72.2 Å². The minimum Gasteiger partial charge on any atom is -0.329 e. The smallest absolute Gasteiger partial charge is 0.234 e. The highest BCUT2D eigenvalue weighted by Gasteiger charge is 2.10. The molecular weight excluding hydrogens is 304 g/mol. The summed E-state index contributed by atoms with van der Waals surface area (Å²) in [6, 6.07) is 4.80. The molecule has 0 aliphatic rings. The Bertz CT molecular complexity index is 450. The minimum absolute atomic E-state index is 0.0839. The van der Waals surface area contributed by atoms with Crippen LogP contribution in [0.2, 0.25) is 5.02 Å². The highest BCUT2D eigenvalue weighted by atomic mass is 79.9. The lowest BCUT2D eigenvalue weighted by molar-refractivity contribution is 0.601. The largest absolute Gasteiger partial charge is 0.329 e. The molecule has 84 valence electrons. The van der Waals surface area contributed by atoms with E-state index >= 15 is 0 Å². The first-order valence-electron chi connectivity index (χ1n) is 4.10. The molecule has 3 N–H and O–H groups in total. The number of anilines is 1. The van der Waals surface area contributed by atoms with E-state index < -0.39 is 10.0 Å². The summed E-state index contributed by atoms with van der Waals surface area (Å²) in [6.07, 6.45) is 0. The summed E-state index contributed by atoms with van der Waals surface area (Å²) in [6.45, 7) is 0.0839. The SMILES string of the molecule is NCCS(=O)(=O)Nc1ccc(Cl)cc1Br. The van der Waals surface area contributed by atoms with E-state index in [0.29, 0.717) is 15.2 Å². The molecule has 1 aromatic rings. The van der Waals surface area contributed by atoms with Gasteiger partial charge in [-0.25, -0.2) is 8.42 Å². The van der Waals surface area contributed by atoms with E-state index in [0.717, 1.165) is 0 Å². The standard InChI is InChI=1S/C8H10BrClN2O2S/c9-7-5-6(10)1-2-8(7)12-15(13,14)4-3-11/h1-2,5,12H,3-4,11H2. The van der Waals surface area contributed by atoms with Crippen molar-refractivity contribution in [3.8, 4) is 0 Å². The molecule has 0 amide bonds. The van der Waals surface area contributed by atoms with Gasteiger partial charge >= 0.3 is 0 Å². The highest BCUT2D eigenvalue weighted by molar-refractivity contribution is 9.10. The van der Waals surface area contributed by atoms with Crippen molar-refractivity contribution < 1.29 is 8.42 Å². The zero-order valence-corrected chi connectivity index (χ0v) is 10.9. The van der Waals surface area contributed by atoms with Crippen molar-refractivity contribution in [1.29, 1.82) is 0 Å². The maximum Gasteiger partial charge on any atom is 0.234 e. The molecule has 15 heavy (non-hydrogen) atoms. The molecule has 0 spiro atoms. The van der Waals surface area contributed by atoms with Crippen LogP contribution in [0.1, 0.15) is 0 Å². The van der Waals surface area contributed by atoms with Crippen LogP contribution in [-0.2, 0) is 10.0 Å². The van der Waals surface area contributed by atoms with Crippen LogP contribution in [0.4, 0.5) is 5.69 Å². The van der Waals surface area contributed by atoms with Gasteiger partial charge in [-0.05, 0) is 34.1 Å². The number of sulfonamides is 1. The lowest BCUT2D eigenvalue weighted by Gasteiger charge is -2.08. The van der Waals surface area contributed by atoms with Gasteiger partial charge < -0.3 is 5.73 Å². The van der Waals surface area contributed by atoms with Crippen molar-refractivity contribution in [3.05, 3.63) is 27.7 Å². The van der Waals surface area contributed by atoms with E-state index in [1.165, 1.54) is 0 Å². The first kappa shape index (κ1) is 12.8. The highest BCUT2D eigenvalue weighted by Crippen LogP contribution is 2.26. The van der Waals surface area contributed by atoms with Gasteiger partial charge in [0.1, 0.15) is 0 Å². The number of benzene rings is 1. The van der Waals surface area contributed by atoms with Crippen LogP contribution in [-0.4, -0.2) is 20.7 Å². The van der Waals surface area contributed by atoms with Crippen LogP contribution in [0, 0.1) is 0 Å². The van der Waals surface area contributed by atoms with Crippen LogP contribution in [0.5, 0.6) is 0 Å². The Kier molecular flexibility index (Phi) is 4.39. The summed E-state index contributed by atoms with van der Waals surface area (Å²) in [4.78, 5) is 0. The van der Waals surface area contributed by atoms with Crippen LogP contribution >= 0.6 is 27.5 Å². The Hall–Kier alpha value is -0.300. The maximum absolute atomic E-state index is 11.4. The average Bonchev–Trinajstić information content (AvgIpc) is 2.09. The molecule has 0 heterocycles. The van der Waals surface area contributed by atoms with E-state index in [2.05, 4.69) is 20.7 Å². The van der Waals surface area contributed by atoms with E-state index in [-0.39, 0.29) is 12.3 Å². The molecule has 0 aliphatic heterocycles. The van der Waals surface area contributed by atoms with Gasteiger partial charge in [0.2, 0.25) is 10.0 Å². The summed E-state index contributed by atoms with van der Waals surface area (Å²) < 4.78 is 25.8. The van der Waals surface area contributed by atoms with E-state index in [4.69, 9.17) is 17.3 Å². The summed E-state index contributed by atoms with van der Waals surface area (Å²) in [5.41, 5.74) is 5.63. The summed E-state index contributed by atoms with van der Waals surface area (Å²) >= 11 is 8.93. The quantitative estimate of drug-likeness (QED) is 0.890. The first-order chi connectivity index (χ1) is 6.94. The Morgan fingerprint density at radius 1 is 1.47 bits per heavy atom. The number of hydrogen-bond donors (Lipinski definition) is 2. The van der Waals surface area contributed by atoms with Crippen LogP contribution in [0.15, 0.2) is 22.7 Å². The van der Waals surface area contributed by atoms with Crippen molar-refractivity contribution in [1.82, 2.24) is 0 Å². The zero-order chi connectivity index (χ0) is 11.5. The van der Waals surface area contributed by atoms with Crippen molar-refractivity contribution in [2.24, 2.45) is 5.73 Å². The van der Waals surface area contributed by atoms with Crippen LogP contribution < -0.4 is 10.5 Å². The molecular formula is C8H10BrClN2O2S. The normalized spacial score (nSPS) is 11.4. The monoisotopic (exact) mass is 312 g/mol. The molecule has 0 aromatic heterocycles. The van der Waals surface area contributed by atoms with Gasteiger partial charge in [0.15, 0.2) is 0 Å². The van der Waals surface area contributed by atoms with Crippen LogP contribution in [0.3, 0.4) is 0 Å². The van der Waals surface area contributed by atoms with E-state index in [1.54, 1.807) is 18.2 Å². The second-order valence-electron chi connectivity index (χ2n) is 2.83. The van der Waals surface area contributed by atoms with Crippen LogP contribution in [0.25, 0.3) is 0 Å². The van der Waals surface area contributed by atoms with Crippen molar-refractivity contribution in [3.63, 3.8) is 0 Å². The van der Waals surface area contributed by atoms with Crippen molar-refractivity contribution in [2.75, 3.05) is 17.0 Å². The van der Waals surface area contributed by atoms with Gasteiger partial charge in [-0.2, -0.15) is 0 Å². The predicted molar refractivity (Wildman–Crippen MR) is 65.6 cm³/mol. The summed E-state index contributed by atoms with van der Waals surface area (Å²) in [5.74, 6) is -0.109. The van der Waals surface area contributed by atoms with Gasteiger partial charge in [0, 0.05) is 16.0 Å². The molecule has 0 radical (unpaired) electrons. The number of halogens is 2. The fourth-order valence-corrected chi connectivity index (χ4v) is 2.78. The molecule has 1 aromatic carbocycles. The molecule has 4 nitrogen and oxygen atoms in total. The Labute approximate surface area is 102 Å². The van der Waals surface area contributed by atoms with Gasteiger partial charge in [0.05, 0.1) is 11.4 Å². The van der Waals surface area contributed by atoms with Gasteiger partial charge in [-0.15, -0.1) is 0 Å². The van der Waals surface area contributed by atoms with E-state index in [1.807, 2.05) is 0 Å². The molecule has 0 atom stereocenters. The Morgan fingerprint density at radius 3 is 2.67 bits per heavy atom. The lowest BCUT2D eigenvalue weighted by Crippen LogP contribution is -2.22. The second-order valence-corrected chi connectivity index (χ2v) is 5.97.